The monoisotopic (exact) mass is 252 g/mol. The molecule has 4 nitrogen and oxygen atoms in total. The number of rotatable bonds is 7. The maximum atomic E-state index is 4.54. The second-order valence-corrected chi connectivity index (χ2v) is 5.77. The standard InChI is InChI=1S/C14H28N4/c1-11(2)14-13(9-15-12(3)4)10-16-18(14)8-7-17(5)6/h10-12,15H,7-9H2,1-6H3. The molecular weight excluding hydrogens is 224 g/mol. The van der Waals surface area contributed by atoms with Crippen LogP contribution in [0.4, 0.5) is 0 Å². The lowest BCUT2D eigenvalue weighted by molar-refractivity contribution is 0.367. The number of nitrogens with one attached hydrogen (secondary N) is 1. The molecule has 0 aliphatic carbocycles. The second-order valence-electron chi connectivity index (χ2n) is 5.77. The molecule has 0 bridgehead atoms. The maximum absolute atomic E-state index is 4.54. The van der Waals surface area contributed by atoms with Gasteiger partial charge in [0.15, 0.2) is 0 Å². The maximum Gasteiger partial charge on any atom is 0.0539 e. The molecule has 18 heavy (non-hydrogen) atoms. The van der Waals surface area contributed by atoms with Gasteiger partial charge in [0.05, 0.1) is 12.7 Å². The van der Waals surface area contributed by atoms with Crippen LogP contribution in [0.3, 0.4) is 0 Å². The largest absolute Gasteiger partial charge is 0.310 e. The van der Waals surface area contributed by atoms with Crippen molar-refractivity contribution in [1.82, 2.24) is 20.0 Å². The van der Waals surface area contributed by atoms with E-state index in [4.69, 9.17) is 0 Å². The SMILES string of the molecule is CC(C)NCc1cnn(CCN(C)C)c1C(C)C. The molecule has 0 saturated carbocycles. The number of hydrogen-bond donors (Lipinski definition) is 1. The van der Waals surface area contributed by atoms with Crippen LogP contribution in [0.15, 0.2) is 6.20 Å². The lowest BCUT2D eigenvalue weighted by Crippen LogP contribution is -2.23. The Balaban J connectivity index is 2.78. The van der Waals surface area contributed by atoms with E-state index in [1.807, 2.05) is 6.20 Å². The summed E-state index contributed by atoms with van der Waals surface area (Å²) < 4.78 is 2.15. The summed E-state index contributed by atoms with van der Waals surface area (Å²) in [6.45, 7) is 11.7. The molecule has 0 amide bonds. The van der Waals surface area contributed by atoms with Crippen molar-refractivity contribution in [2.75, 3.05) is 20.6 Å². The molecule has 1 aromatic heterocycles. The van der Waals surface area contributed by atoms with Gasteiger partial charge in [-0.15, -0.1) is 0 Å². The molecule has 1 N–H and O–H groups in total. The molecule has 1 rings (SSSR count). The van der Waals surface area contributed by atoms with E-state index in [-0.39, 0.29) is 0 Å². The van der Waals surface area contributed by atoms with Gasteiger partial charge in [-0.3, -0.25) is 4.68 Å². The van der Waals surface area contributed by atoms with Crippen molar-refractivity contribution < 1.29 is 0 Å². The summed E-state index contributed by atoms with van der Waals surface area (Å²) in [6.07, 6.45) is 2.01. The van der Waals surface area contributed by atoms with Gasteiger partial charge in [-0.2, -0.15) is 5.10 Å². The Kier molecular flexibility index (Phi) is 5.82. The van der Waals surface area contributed by atoms with E-state index in [2.05, 4.69) is 61.8 Å². The minimum absolute atomic E-state index is 0.509. The quantitative estimate of drug-likeness (QED) is 0.806. The van der Waals surface area contributed by atoms with Crippen LogP contribution in [-0.4, -0.2) is 41.4 Å². The average Bonchev–Trinajstić information content (AvgIpc) is 2.66. The van der Waals surface area contributed by atoms with Crippen molar-refractivity contribution in [2.45, 2.75) is 52.7 Å². The van der Waals surface area contributed by atoms with Crippen LogP contribution in [0.2, 0.25) is 0 Å². The number of aromatic nitrogens is 2. The first-order chi connectivity index (χ1) is 8.41. The van der Waals surface area contributed by atoms with Crippen molar-refractivity contribution in [3.63, 3.8) is 0 Å². The first kappa shape index (κ1) is 15.2. The van der Waals surface area contributed by atoms with Gasteiger partial charge < -0.3 is 10.2 Å². The van der Waals surface area contributed by atoms with Crippen molar-refractivity contribution in [3.8, 4) is 0 Å². The Hall–Kier alpha value is -0.870. The molecule has 0 unspecified atom stereocenters. The van der Waals surface area contributed by atoms with Crippen molar-refractivity contribution in [2.24, 2.45) is 0 Å². The predicted molar refractivity (Wildman–Crippen MR) is 76.8 cm³/mol. The van der Waals surface area contributed by atoms with Crippen molar-refractivity contribution >= 4 is 0 Å². The molecule has 0 radical (unpaired) electrons. The summed E-state index contributed by atoms with van der Waals surface area (Å²) in [5.41, 5.74) is 2.70. The summed E-state index contributed by atoms with van der Waals surface area (Å²) in [4.78, 5) is 2.19. The number of likely N-dealkylation sites (N-methyl/N-ethyl adjacent to an activating group) is 1. The highest BCUT2D eigenvalue weighted by atomic mass is 15.3. The summed E-state index contributed by atoms with van der Waals surface area (Å²) in [5.74, 6) is 0.513. The zero-order valence-corrected chi connectivity index (χ0v) is 12.7. The minimum atomic E-state index is 0.509. The summed E-state index contributed by atoms with van der Waals surface area (Å²) in [5, 5.41) is 8.01. The molecule has 104 valence electrons. The van der Waals surface area contributed by atoms with Gasteiger partial charge in [0.25, 0.3) is 0 Å². The van der Waals surface area contributed by atoms with Gasteiger partial charge in [-0.25, -0.2) is 0 Å². The van der Waals surface area contributed by atoms with E-state index < -0.39 is 0 Å². The molecule has 0 saturated heterocycles. The molecule has 0 aliphatic rings. The van der Waals surface area contributed by atoms with Crippen LogP contribution in [0, 0.1) is 0 Å². The van der Waals surface area contributed by atoms with Crippen LogP contribution >= 0.6 is 0 Å². The number of nitrogens with zero attached hydrogens (tertiary/aromatic N) is 3. The second kappa shape index (κ2) is 6.90. The Labute approximate surface area is 111 Å². The Morgan fingerprint density at radius 3 is 2.44 bits per heavy atom. The van der Waals surface area contributed by atoms with E-state index >= 15 is 0 Å². The fourth-order valence-corrected chi connectivity index (χ4v) is 2.03. The molecule has 0 aliphatic heterocycles. The molecule has 1 heterocycles. The molecule has 0 atom stereocenters. The van der Waals surface area contributed by atoms with Crippen LogP contribution in [0.1, 0.15) is 44.9 Å². The number of hydrogen-bond acceptors (Lipinski definition) is 3. The lowest BCUT2D eigenvalue weighted by atomic mass is 10.1. The summed E-state index contributed by atoms with van der Waals surface area (Å²) in [6, 6.07) is 0.509. The fraction of sp³-hybridized carbons (Fsp3) is 0.786. The first-order valence-corrected chi connectivity index (χ1v) is 6.84. The third-order valence-corrected chi connectivity index (χ3v) is 2.97. The first-order valence-electron chi connectivity index (χ1n) is 6.84. The highest BCUT2D eigenvalue weighted by Gasteiger charge is 2.14. The average molecular weight is 252 g/mol. The van der Waals surface area contributed by atoms with Crippen LogP contribution in [0.25, 0.3) is 0 Å². The van der Waals surface area contributed by atoms with Gasteiger partial charge in [0.1, 0.15) is 0 Å². The predicted octanol–water partition coefficient (Wildman–Crippen LogP) is 2.07. The van der Waals surface area contributed by atoms with Gasteiger partial charge in [-0.05, 0) is 20.0 Å². The van der Waals surface area contributed by atoms with E-state index in [0.717, 1.165) is 19.6 Å². The highest BCUT2D eigenvalue weighted by molar-refractivity contribution is 5.21. The molecule has 0 spiro atoms. The molecule has 4 heteroatoms. The molecule has 1 aromatic rings. The molecular formula is C14H28N4. The van der Waals surface area contributed by atoms with Crippen LogP contribution in [0.5, 0.6) is 0 Å². The third-order valence-electron chi connectivity index (χ3n) is 2.97. The van der Waals surface area contributed by atoms with Gasteiger partial charge in [0.2, 0.25) is 0 Å². The third kappa shape index (κ3) is 4.42. The summed E-state index contributed by atoms with van der Waals surface area (Å²) in [7, 11) is 4.19. The molecule has 0 aromatic carbocycles. The summed E-state index contributed by atoms with van der Waals surface area (Å²) >= 11 is 0. The van der Waals surface area contributed by atoms with E-state index in [1.54, 1.807) is 0 Å². The zero-order valence-electron chi connectivity index (χ0n) is 12.7. The zero-order chi connectivity index (χ0) is 13.7. The fourth-order valence-electron chi connectivity index (χ4n) is 2.03. The normalized spacial score (nSPS) is 12.1. The topological polar surface area (TPSA) is 33.1 Å². The van der Waals surface area contributed by atoms with Crippen molar-refractivity contribution in [1.29, 1.82) is 0 Å². The van der Waals surface area contributed by atoms with Crippen molar-refractivity contribution in [3.05, 3.63) is 17.5 Å². The smallest absolute Gasteiger partial charge is 0.0539 e. The van der Waals surface area contributed by atoms with Gasteiger partial charge in [-0.1, -0.05) is 27.7 Å². The molecule has 0 fully saturated rings. The minimum Gasteiger partial charge on any atom is -0.310 e. The Morgan fingerprint density at radius 1 is 1.28 bits per heavy atom. The Bertz CT molecular complexity index is 323. The van der Waals surface area contributed by atoms with Crippen LogP contribution in [-0.2, 0) is 13.1 Å². The van der Waals surface area contributed by atoms with E-state index in [1.165, 1.54) is 11.3 Å². The van der Waals surface area contributed by atoms with Crippen LogP contribution < -0.4 is 5.32 Å². The highest BCUT2D eigenvalue weighted by Crippen LogP contribution is 2.19. The van der Waals surface area contributed by atoms with E-state index in [9.17, 15) is 0 Å². The van der Waals surface area contributed by atoms with Gasteiger partial charge >= 0.3 is 0 Å². The van der Waals surface area contributed by atoms with E-state index in [0.29, 0.717) is 12.0 Å². The lowest BCUT2D eigenvalue weighted by Gasteiger charge is -2.16. The van der Waals surface area contributed by atoms with Gasteiger partial charge in [0, 0.05) is 30.4 Å². The Morgan fingerprint density at radius 2 is 1.94 bits per heavy atom.